The van der Waals surface area contributed by atoms with Gasteiger partial charge in [0.2, 0.25) is 0 Å². The molecule has 0 unspecified atom stereocenters. The van der Waals surface area contributed by atoms with Crippen molar-refractivity contribution in [2.75, 3.05) is 5.32 Å². The summed E-state index contributed by atoms with van der Waals surface area (Å²) >= 11 is 12.7. The van der Waals surface area contributed by atoms with Crippen molar-refractivity contribution in [3.63, 3.8) is 0 Å². The van der Waals surface area contributed by atoms with E-state index in [-0.39, 0.29) is 5.69 Å². The van der Waals surface area contributed by atoms with Crippen LogP contribution in [0.15, 0.2) is 39.3 Å². The second kappa shape index (κ2) is 6.11. The van der Waals surface area contributed by atoms with Gasteiger partial charge >= 0.3 is 0 Å². The fourth-order valence-corrected chi connectivity index (χ4v) is 2.72. The number of hydrogen-bond donors (Lipinski definition) is 1. The van der Waals surface area contributed by atoms with Crippen LogP contribution in [0.2, 0.25) is 5.02 Å². The topological polar surface area (TPSA) is 55.2 Å². The lowest BCUT2D eigenvalue weighted by Gasteiger charge is -2.11. The van der Waals surface area contributed by atoms with Crippen molar-refractivity contribution < 1.29 is 4.92 Å². The van der Waals surface area contributed by atoms with Crippen LogP contribution in [-0.4, -0.2) is 4.92 Å². The van der Waals surface area contributed by atoms with Gasteiger partial charge in [-0.1, -0.05) is 27.5 Å². The average molecular weight is 420 g/mol. The zero-order valence-electron chi connectivity index (χ0n) is 10.3. The maximum atomic E-state index is 11.1. The van der Waals surface area contributed by atoms with Crippen LogP contribution in [0, 0.1) is 17.0 Å². The average Bonchev–Trinajstić information content (AvgIpc) is 2.37. The first-order valence-electron chi connectivity index (χ1n) is 5.55. The Balaban J connectivity index is 2.45. The number of nitro groups is 1. The molecular formula is C13H9Br2ClN2O2. The van der Waals surface area contributed by atoms with Gasteiger partial charge in [-0.25, -0.2) is 0 Å². The maximum Gasteiger partial charge on any atom is 0.293 e. The zero-order chi connectivity index (χ0) is 14.9. The standard InChI is InChI=1S/C13H9Br2ClN2O2/c1-7-4-9(15)12(6-10(7)16)17-11-3-2-8(14)5-13(11)18(19)20/h2-6,17H,1H3. The summed E-state index contributed by atoms with van der Waals surface area (Å²) in [5.74, 6) is 0. The minimum atomic E-state index is -0.434. The van der Waals surface area contributed by atoms with Gasteiger partial charge in [-0.15, -0.1) is 0 Å². The van der Waals surface area contributed by atoms with E-state index in [2.05, 4.69) is 37.2 Å². The number of nitro benzene ring substituents is 1. The molecule has 20 heavy (non-hydrogen) atoms. The molecule has 0 atom stereocenters. The first kappa shape index (κ1) is 15.3. The summed E-state index contributed by atoms with van der Waals surface area (Å²) in [5.41, 5.74) is 1.99. The highest BCUT2D eigenvalue weighted by Crippen LogP contribution is 2.35. The highest BCUT2D eigenvalue weighted by molar-refractivity contribution is 9.10. The zero-order valence-corrected chi connectivity index (χ0v) is 14.2. The molecular weight excluding hydrogens is 411 g/mol. The summed E-state index contributed by atoms with van der Waals surface area (Å²) in [5, 5.41) is 14.7. The van der Waals surface area contributed by atoms with E-state index in [9.17, 15) is 10.1 Å². The summed E-state index contributed by atoms with van der Waals surface area (Å²) in [6.45, 7) is 1.89. The summed E-state index contributed by atoms with van der Waals surface area (Å²) < 4.78 is 1.44. The van der Waals surface area contributed by atoms with E-state index in [1.54, 1.807) is 18.2 Å². The highest BCUT2D eigenvalue weighted by Gasteiger charge is 2.15. The second-order valence-electron chi connectivity index (χ2n) is 4.12. The van der Waals surface area contributed by atoms with Crippen LogP contribution in [0.25, 0.3) is 0 Å². The molecule has 0 amide bonds. The Morgan fingerprint density at radius 2 is 1.90 bits per heavy atom. The van der Waals surface area contributed by atoms with Crippen LogP contribution in [0.1, 0.15) is 5.56 Å². The number of nitrogens with zero attached hydrogens (tertiary/aromatic N) is 1. The van der Waals surface area contributed by atoms with Crippen molar-refractivity contribution in [1.29, 1.82) is 0 Å². The van der Waals surface area contributed by atoms with Crippen LogP contribution >= 0.6 is 43.5 Å². The van der Waals surface area contributed by atoms with Crippen molar-refractivity contribution >= 4 is 60.5 Å². The van der Waals surface area contributed by atoms with Crippen molar-refractivity contribution in [3.8, 4) is 0 Å². The Kier molecular flexibility index (Phi) is 4.67. The van der Waals surface area contributed by atoms with Gasteiger partial charge in [0.05, 0.1) is 10.6 Å². The molecule has 0 aromatic heterocycles. The molecule has 0 spiro atoms. The van der Waals surface area contributed by atoms with E-state index in [4.69, 9.17) is 11.6 Å². The number of anilines is 2. The van der Waals surface area contributed by atoms with Gasteiger partial charge in [0, 0.05) is 20.0 Å². The molecule has 7 heteroatoms. The largest absolute Gasteiger partial charge is 0.349 e. The van der Waals surface area contributed by atoms with Gasteiger partial charge in [-0.2, -0.15) is 0 Å². The van der Waals surface area contributed by atoms with Crippen LogP contribution in [0.3, 0.4) is 0 Å². The van der Waals surface area contributed by atoms with E-state index >= 15 is 0 Å². The Morgan fingerprint density at radius 1 is 1.20 bits per heavy atom. The molecule has 0 fully saturated rings. The predicted octanol–water partition coefficient (Wildman–Crippen LogP) is 5.83. The van der Waals surface area contributed by atoms with E-state index in [0.29, 0.717) is 20.9 Å². The lowest BCUT2D eigenvalue weighted by atomic mass is 10.2. The SMILES string of the molecule is Cc1cc(Br)c(Nc2ccc(Br)cc2[N+](=O)[O-])cc1Cl. The molecule has 0 bridgehead atoms. The summed E-state index contributed by atoms with van der Waals surface area (Å²) in [7, 11) is 0. The summed E-state index contributed by atoms with van der Waals surface area (Å²) in [6.07, 6.45) is 0. The fraction of sp³-hybridized carbons (Fsp3) is 0.0769. The summed E-state index contributed by atoms with van der Waals surface area (Å²) in [6, 6.07) is 8.41. The first-order chi connectivity index (χ1) is 9.38. The molecule has 2 rings (SSSR count). The van der Waals surface area contributed by atoms with Gasteiger partial charge in [-0.05, 0) is 52.7 Å². The molecule has 0 heterocycles. The number of nitrogens with one attached hydrogen (secondary N) is 1. The molecule has 0 aliphatic carbocycles. The van der Waals surface area contributed by atoms with Gasteiger partial charge in [0.1, 0.15) is 5.69 Å². The molecule has 0 saturated heterocycles. The molecule has 0 radical (unpaired) electrons. The smallest absolute Gasteiger partial charge is 0.293 e. The number of benzene rings is 2. The fourth-order valence-electron chi connectivity index (χ4n) is 1.65. The van der Waals surface area contributed by atoms with Gasteiger partial charge in [0.25, 0.3) is 5.69 Å². The van der Waals surface area contributed by atoms with Crippen LogP contribution < -0.4 is 5.32 Å². The molecule has 0 aliphatic rings. The third-order valence-corrected chi connectivity index (χ3v) is 4.23. The first-order valence-corrected chi connectivity index (χ1v) is 7.51. The van der Waals surface area contributed by atoms with Crippen LogP contribution in [0.5, 0.6) is 0 Å². The van der Waals surface area contributed by atoms with Crippen LogP contribution in [-0.2, 0) is 0 Å². The third-order valence-electron chi connectivity index (χ3n) is 2.67. The van der Waals surface area contributed by atoms with E-state index in [1.165, 1.54) is 6.07 Å². The second-order valence-corrected chi connectivity index (χ2v) is 6.30. The van der Waals surface area contributed by atoms with Crippen LogP contribution in [0.4, 0.5) is 17.1 Å². The molecule has 4 nitrogen and oxygen atoms in total. The molecule has 2 aromatic rings. The molecule has 2 aromatic carbocycles. The highest BCUT2D eigenvalue weighted by atomic mass is 79.9. The Hall–Kier alpha value is -1.11. The monoisotopic (exact) mass is 418 g/mol. The van der Waals surface area contributed by atoms with Gasteiger partial charge < -0.3 is 5.32 Å². The number of halogens is 3. The van der Waals surface area contributed by atoms with E-state index < -0.39 is 4.92 Å². The van der Waals surface area contributed by atoms with Crippen molar-refractivity contribution in [2.45, 2.75) is 6.92 Å². The lowest BCUT2D eigenvalue weighted by molar-refractivity contribution is -0.384. The minimum Gasteiger partial charge on any atom is -0.349 e. The Labute approximate surface area is 137 Å². The molecule has 1 N–H and O–H groups in total. The van der Waals surface area contributed by atoms with Crippen molar-refractivity contribution in [3.05, 3.63) is 60.0 Å². The van der Waals surface area contributed by atoms with Crippen molar-refractivity contribution in [2.24, 2.45) is 0 Å². The number of rotatable bonds is 3. The lowest BCUT2D eigenvalue weighted by Crippen LogP contribution is -1.98. The van der Waals surface area contributed by atoms with Crippen molar-refractivity contribution in [1.82, 2.24) is 0 Å². The number of hydrogen-bond acceptors (Lipinski definition) is 3. The van der Waals surface area contributed by atoms with E-state index in [0.717, 1.165) is 10.0 Å². The Bertz CT molecular complexity index is 692. The Morgan fingerprint density at radius 3 is 2.55 bits per heavy atom. The van der Waals surface area contributed by atoms with Gasteiger partial charge in [0.15, 0.2) is 0 Å². The predicted molar refractivity (Wildman–Crippen MR) is 88.0 cm³/mol. The normalized spacial score (nSPS) is 10.4. The quantitative estimate of drug-likeness (QED) is 0.502. The van der Waals surface area contributed by atoms with E-state index in [1.807, 2.05) is 13.0 Å². The molecule has 104 valence electrons. The summed E-state index contributed by atoms with van der Waals surface area (Å²) in [4.78, 5) is 10.6. The molecule has 0 saturated carbocycles. The molecule has 0 aliphatic heterocycles. The van der Waals surface area contributed by atoms with Gasteiger partial charge in [-0.3, -0.25) is 10.1 Å². The minimum absolute atomic E-state index is 0.0111. The maximum absolute atomic E-state index is 11.1. The number of aryl methyl sites for hydroxylation is 1. The third kappa shape index (κ3) is 3.31.